The fraction of sp³-hybridized carbons (Fsp3) is 0.353. The quantitative estimate of drug-likeness (QED) is 0.805. The van der Waals surface area contributed by atoms with Gasteiger partial charge in [0.05, 0.1) is 0 Å². The van der Waals surface area contributed by atoms with Crippen LogP contribution in [0, 0.1) is 0 Å². The minimum atomic E-state index is -1.14. The summed E-state index contributed by atoms with van der Waals surface area (Å²) in [5.74, 6) is -1.20. The lowest BCUT2D eigenvalue weighted by Crippen LogP contribution is -2.38. The Morgan fingerprint density at radius 3 is 2.38 bits per heavy atom. The van der Waals surface area contributed by atoms with E-state index in [0.29, 0.717) is 30.6 Å². The summed E-state index contributed by atoms with van der Waals surface area (Å²) in [5, 5.41) is 9.16. The number of nitrogens with two attached hydrogens (primary N) is 1. The zero-order valence-electron chi connectivity index (χ0n) is 14.1. The second kappa shape index (κ2) is 7.16. The first-order chi connectivity index (χ1) is 11.3. The van der Waals surface area contributed by atoms with Crippen molar-refractivity contribution in [2.24, 2.45) is 10.7 Å². The molecule has 0 saturated carbocycles. The van der Waals surface area contributed by atoms with Crippen LogP contribution in [0.15, 0.2) is 40.5 Å². The first-order valence-corrected chi connectivity index (χ1v) is 7.59. The van der Waals surface area contributed by atoms with Crippen LogP contribution in [0.3, 0.4) is 0 Å². The Kier molecular flexibility index (Phi) is 5.23. The van der Waals surface area contributed by atoms with Crippen molar-refractivity contribution in [1.82, 2.24) is 4.90 Å². The van der Waals surface area contributed by atoms with Crippen LogP contribution < -0.4 is 10.6 Å². The maximum atomic E-state index is 11.9. The van der Waals surface area contributed by atoms with Gasteiger partial charge in [0.15, 0.2) is 0 Å². The van der Waals surface area contributed by atoms with Gasteiger partial charge >= 0.3 is 5.97 Å². The maximum absolute atomic E-state index is 11.9. The third-order valence-corrected chi connectivity index (χ3v) is 4.03. The summed E-state index contributed by atoms with van der Waals surface area (Å²) in [6.45, 7) is 1.09. The van der Waals surface area contributed by atoms with Gasteiger partial charge in [-0.25, -0.2) is 4.79 Å². The summed E-state index contributed by atoms with van der Waals surface area (Å²) in [4.78, 5) is 30.8. The SMILES string of the molecule is CN=C1CCN(c2ccc(C(=O)N(C)C)cc2)C/C1=C(/N)C(=O)O. The molecule has 0 bridgehead atoms. The highest BCUT2D eigenvalue weighted by atomic mass is 16.4. The molecule has 0 spiro atoms. The Morgan fingerprint density at radius 1 is 1.25 bits per heavy atom. The van der Waals surface area contributed by atoms with Gasteiger partial charge in [0, 0.05) is 63.2 Å². The van der Waals surface area contributed by atoms with Crippen LogP contribution in [0.1, 0.15) is 16.8 Å². The Bertz CT molecular complexity index is 705. The standard InChI is InChI=1S/C17H22N4O3/c1-19-14-8-9-21(10-13(14)15(18)17(23)24)12-6-4-11(5-7-12)16(22)20(2)3/h4-7H,8-10,18H2,1-3H3,(H,23,24)/b15-13-,19-14?. The van der Waals surface area contributed by atoms with E-state index in [4.69, 9.17) is 10.8 Å². The number of aliphatic imine (C=N–C) groups is 1. The molecule has 1 aromatic carbocycles. The fourth-order valence-corrected chi connectivity index (χ4v) is 2.66. The molecule has 1 amide bonds. The average molecular weight is 330 g/mol. The van der Waals surface area contributed by atoms with Gasteiger partial charge in [-0.2, -0.15) is 0 Å². The number of aliphatic carboxylic acids is 1. The van der Waals surface area contributed by atoms with Crippen molar-refractivity contribution in [3.63, 3.8) is 0 Å². The molecule has 0 aromatic heterocycles. The van der Waals surface area contributed by atoms with E-state index in [-0.39, 0.29) is 11.6 Å². The molecule has 1 saturated heterocycles. The Labute approximate surface area is 141 Å². The molecule has 3 N–H and O–H groups in total. The van der Waals surface area contributed by atoms with E-state index in [1.807, 2.05) is 17.0 Å². The molecule has 1 aliphatic rings. The van der Waals surface area contributed by atoms with Gasteiger partial charge in [-0.1, -0.05) is 0 Å². The third-order valence-electron chi connectivity index (χ3n) is 4.03. The van der Waals surface area contributed by atoms with Gasteiger partial charge in [-0.15, -0.1) is 0 Å². The van der Waals surface area contributed by atoms with Crippen LogP contribution in [0.5, 0.6) is 0 Å². The zero-order valence-corrected chi connectivity index (χ0v) is 14.1. The van der Waals surface area contributed by atoms with E-state index in [0.717, 1.165) is 11.4 Å². The largest absolute Gasteiger partial charge is 0.477 e. The number of anilines is 1. The molecule has 1 heterocycles. The highest BCUT2D eigenvalue weighted by Crippen LogP contribution is 2.23. The van der Waals surface area contributed by atoms with Gasteiger partial charge in [-0.05, 0) is 24.3 Å². The first kappa shape index (κ1) is 17.5. The van der Waals surface area contributed by atoms with Gasteiger partial charge in [0.2, 0.25) is 0 Å². The van der Waals surface area contributed by atoms with Crippen molar-refractivity contribution in [3.05, 3.63) is 41.1 Å². The van der Waals surface area contributed by atoms with E-state index in [9.17, 15) is 9.59 Å². The summed E-state index contributed by atoms with van der Waals surface area (Å²) < 4.78 is 0. The van der Waals surface area contributed by atoms with E-state index in [1.165, 1.54) is 4.90 Å². The molecular formula is C17H22N4O3. The highest BCUT2D eigenvalue weighted by Gasteiger charge is 2.24. The van der Waals surface area contributed by atoms with Crippen molar-refractivity contribution < 1.29 is 14.7 Å². The summed E-state index contributed by atoms with van der Waals surface area (Å²) in [7, 11) is 5.05. The molecular weight excluding hydrogens is 308 g/mol. The molecule has 2 rings (SSSR count). The lowest BCUT2D eigenvalue weighted by molar-refractivity contribution is -0.132. The number of hydrogen-bond donors (Lipinski definition) is 2. The third kappa shape index (κ3) is 3.56. The number of amides is 1. The number of hydrogen-bond acceptors (Lipinski definition) is 5. The molecule has 7 nitrogen and oxygen atoms in total. The van der Waals surface area contributed by atoms with Crippen molar-refractivity contribution in [2.75, 3.05) is 39.1 Å². The Morgan fingerprint density at radius 2 is 1.88 bits per heavy atom. The van der Waals surface area contributed by atoms with Crippen molar-refractivity contribution in [1.29, 1.82) is 0 Å². The van der Waals surface area contributed by atoms with E-state index < -0.39 is 5.97 Å². The predicted octanol–water partition coefficient (Wildman–Crippen LogP) is 0.967. The first-order valence-electron chi connectivity index (χ1n) is 7.59. The number of nitrogens with zero attached hydrogens (tertiary/aromatic N) is 3. The predicted molar refractivity (Wildman–Crippen MR) is 93.5 cm³/mol. The number of carboxylic acid groups (broad SMARTS) is 1. The van der Waals surface area contributed by atoms with Gasteiger partial charge < -0.3 is 20.6 Å². The lowest BCUT2D eigenvalue weighted by atomic mass is 9.99. The smallest absolute Gasteiger partial charge is 0.352 e. The molecule has 24 heavy (non-hydrogen) atoms. The fourth-order valence-electron chi connectivity index (χ4n) is 2.66. The number of piperidine rings is 1. The topological polar surface area (TPSA) is 99.2 Å². The molecule has 1 fully saturated rings. The summed E-state index contributed by atoms with van der Waals surface area (Å²) in [5.41, 5.74) is 8.35. The van der Waals surface area contributed by atoms with Crippen LogP contribution in [0.4, 0.5) is 5.69 Å². The monoisotopic (exact) mass is 330 g/mol. The minimum Gasteiger partial charge on any atom is -0.477 e. The molecule has 1 aliphatic heterocycles. The Balaban J connectivity index is 2.26. The molecule has 0 atom stereocenters. The van der Waals surface area contributed by atoms with Crippen LogP contribution in [-0.2, 0) is 4.79 Å². The van der Waals surface area contributed by atoms with Crippen molar-refractivity contribution in [3.8, 4) is 0 Å². The molecule has 128 valence electrons. The molecule has 0 radical (unpaired) electrons. The number of benzene rings is 1. The summed E-state index contributed by atoms with van der Waals surface area (Å²) >= 11 is 0. The second-order valence-corrected chi connectivity index (χ2v) is 5.79. The number of carbonyl (C=O) groups excluding carboxylic acids is 1. The van der Waals surface area contributed by atoms with E-state index >= 15 is 0 Å². The second-order valence-electron chi connectivity index (χ2n) is 5.79. The summed E-state index contributed by atoms with van der Waals surface area (Å²) in [6, 6.07) is 7.26. The zero-order chi connectivity index (χ0) is 17.9. The number of carbonyl (C=O) groups is 2. The van der Waals surface area contributed by atoms with Crippen LogP contribution in [0.2, 0.25) is 0 Å². The van der Waals surface area contributed by atoms with Crippen molar-refractivity contribution in [2.45, 2.75) is 6.42 Å². The highest BCUT2D eigenvalue weighted by molar-refractivity contribution is 6.07. The summed E-state index contributed by atoms with van der Waals surface area (Å²) in [6.07, 6.45) is 0.623. The van der Waals surface area contributed by atoms with Gasteiger partial charge in [0.1, 0.15) is 5.70 Å². The Hall–Kier alpha value is -2.83. The van der Waals surface area contributed by atoms with Crippen LogP contribution in [0.25, 0.3) is 0 Å². The van der Waals surface area contributed by atoms with Crippen LogP contribution >= 0.6 is 0 Å². The van der Waals surface area contributed by atoms with Crippen LogP contribution in [-0.4, -0.2) is 61.8 Å². The normalized spacial score (nSPS) is 18.5. The maximum Gasteiger partial charge on any atom is 0.352 e. The van der Waals surface area contributed by atoms with E-state index in [2.05, 4.69) is 4.99 Å². The van der Waals surface area contributed by atoms with Gasteiger partial charge in [0.25, 0.3) is 5.91 Å². The molecule has 1 aromatic rings. The molecule has 0 aliphatic carbocycles. The molecule has 0 unspecified atom stereocenters. The van der Waals surface area contributed by atoms with Gasteiger partial charge in [-0.3, -0.25) is 9.79 Å². The van der Waals surface area contributed by atoms with E-state index in [1.54, 1.807) is 33.3 Å². The average Bonchev–Trinajstić information content (AvgIpc) is 2.59. The lowest BCUT2D eigenvalue weighted by Gasteiger charge is -2.32. The number of carboxylic acids is 1. The van der Waals surface area contributed by atoms with Crippen molar-refractivity contribution >= 4 is 23.3 Å². The minimum absolute atomic E-state index is 0.0590. The molecule has 7 heteroatoms. The number of rotatable bonds is 3.